The lowest BCUT2D eigenvalue weighted by Gasteiger charge is -2.15. The number of fused-ring (bicyclic) bond motifs is 1. The highest BCUT2D eigenvalue weighted by molar-refractivity contribution is 7.80. The van der Waals surface area contributed by atoms with E-state index in [1.54, 1.807) is 6.07 Å². The predicted molar refractivity (Wildman–Crippen MR) is 74.0 cm³/mol. The SMILES string of the molecule is CCC(NC(=O)c1ccc2c(c1)CCO2)C(N)=S. The van der Waals surface area contributed by atoms with Gasteiger partial charge in [0.05, 0.1) is 17.6 Å². The molecule has 1 aliphatic rings. The first-order valence-electron chi connectivity index (χ1n) is 5.97. The molecule has 1 atom stereocenters. The van der Waals surface area contributed by atoms with Gasteiger partial charge in [0.1, 0.15) is 5.75 Å². The fourth-order valence-corrected chi connectivity index (χ4v) is 2.17. The van der Waals surface area contributed by atoms with Gasteiger partial charge in [-0.3, -0.25) is 4.79 Å². The van der Waals surface area contributed by atoms with Gasteiger partial charge in [0.2, 0.25) is 0 Å². The number of hydrogen-bond donors (Lipinski definition) is 2. The Hall–Kier alpha value is -1.62. The fraction of sp³-hybridized carbons (Fsp3) is 0.385. The van der Waals surface area contributed by atoms with E-state index >= 15 is 0 Å². The van der Waals surface area contributed by atoms with Crippen molar-refractivity contribution in [1.29, 1.82) is 0 Å². The summed E-state index contributed by atoms with van der Waals surface area (Å²) in [5.41, 5.74) is 7.25. The van der Waals surface area contributed by atoms with E-state index in [2.05, 4.69) is 5.32 Å². The van der Waals surface area contributed by atoms with Crippen molar-refractivity contribution in [2.24, 2.45) is 5.73 Å². The van der Waals surface area contributed by atoms with Gasteiger partial charge in [-0.05, 0) is 30.2 Å². The first-order valence-corrected chi connectivity index (χ1v) is 6.38. The zero-order valence-corrected chi connectivity index (χ0v) is 11.0. The second kappa shape index (κ2) is 5.35. The highest BCUT2D eigenvalue weighted by Gasteiger charge is 2.17. The first kappa shape index (κ1) is 12.8. The highest BCUT2D eigenvalue weighted by Crippen LogP contribution is 2.25. The van der Waals surface area contributed by atoms with E-state index in [1.165, 1.54) is 0 Å². The Morgan fingerprint density at radius 1 is 1.61 bits per heavy atom. The third-order valence-corrected chi connectivity index (χ3v) is 3.29. The van der Waals surface area contributed by atoms with Crippen molar-refractivity contribution < 1.29 is 9.53 Å². The molecule has 1 aromatic rings. The van der Waals surface area contributed by atoms with E-state index in [4.69, 9.17) is 22.7 Å². The molecule has 0 spiro atoms. The zero-order chi connectivity index (χ0) is 13.1. The molecule has 18 heavy (non-hydrogen) atoms. The van der Waals surface area contributed by atoms with Crippen LogP contribution in [0.3, 0.4) is 0 Å². The Kier molecular flexibility index (Phi) is 3.81. The monoisotopic (exact) mass is 264 g/mol. The van der Waals surface area contributed by atoms with Crippen LogP contribution < -0.4 is 15.8 Å². The van der Waals surface area contributed by atoms with E-state index in [9.17, 15) is 4.79 Å². The summed E-state index contributed by atoms with van der Waals surface area (Å²) in [5, 5.41) is 2.83. The van der Waals surface area contributed by atoms with Crippen LogP contribution in [0.1, 0.15) is 29.3 Å². The highest BCUT2D eigenvalue weighted by atomic mass is 32.1. The van der Waals surface area contributed by atoms with Crippen LogP contribution in [0, 0.1) is 0 Å². The number of nitrogens with two attached hydrogens (primary N) is 1. The Labute approximate surface area is 112 Å². The largest absolute Gasteiger partial charge is 0.493 e. The molecule has 1 aliphatic heterocycles. The summed E-state index contributed by atoms with van der Waals surface area (Å²) in [6.45, 7) is 2.62. The Bertz CT molecular complexity index is 488. The van der Waals surface area contributed by atoms with E-state index in [1.807, 2.05) is 19.1 Å². The summed E-state index contributed by atoms with van der Waals surface area (Å²) in [5.74, 6) is 0.720. The number of ether oxygens (including phenoxy) is 1. The summed E-state index contributed by atoms with van der Waals surface area (Å²) in [6.07, 6.45) is 1.54. The fourth-order valence-electron chi connectivity index (χ4n) is 1.94. The minimum atomic E-state index is -0.253. The molecule has 0 radical (unpaired) electrons. The molecule has 0 bridgehead atoms. The summed E-state index contributed by atoms with van der Waals surface area (Å²) in [7, 11) is 0. The van der Waals surface area contributed by atoms with Crippen molar-refractivity contribution in [3.8, 4) is 5.75 Å². The van der Waals surface area contributed by atoms with Crippen LogP contribution in [-0.4, -0.2) is 23.5 Å². The maximum absolute atomic E-state index is 12.1. The molecular formula is C13H16N2O2S. The smallest absolute Gasteiger partial charge is 0.251 e. The normalized spacial score (nSPS) is 14.5. The van der Waals surface area contributed by atoms with Gasteiger partial charge < -0.3 is 15.8 Å². The second-order valence-corrected chi connectivity index (χ2v) is 4.73. The van der Waals surface area contributed by atoms with Crippen molar-refractivity contribution in [3.05, 3.63) is 29.3 Å². The number of thiocarbonyl (C=S) groups is 1. The molecule has 5 heteroatoms. The molecule has 0 saturated carbocycles. The Morgan fingerprint density at radius 2 is 2.39 bits per heavy atom. The molecule has 0 saturated heterocycles. The van der Waals surface area contributed by atoms with E-state index < -0.39 is 0 Å². The van der Waals surface area contributed by atoms with Crippen molar-refractivity contribution in [3.63, 3.8) is 0 Å². The lowest BCUT2D eigenvalue weighted by atomic mass is 10.1. The summed E-state index contributed by atoms with van der Waals surface area (Å²) < 4.78 is 5.40. The van der Waals surface area contributed by atoms with E-state index in [-0.39, 0.29) is 11.9 Å². The molecule has 2 rings (SSSR count). The van der Waals surface area contributed by atoms with Crippen LogP contribution in [0.25, 0.3) is 0 Å². The average molecular weight is 264 g/mol. The molecule has 96 valence electrons. The molecule has 1 amide bonds. The number of nitrogens with one attached hydrogen (secondary N) is 1. The Morgan fingerprint density at radius 3 is 3.06 bits per heavy atom. The summed E-state index contributed by atoms with van der Waals surface area (Å²) in [4.78, 5) is 12.4. The van der Waals surface area contributed by atoms with Gasteiger partial charge in [-0.15, -0.1) is 0 Å². The molecule has 0 aliphatic carbocycles. The molecular weight excluding hydrogens is 248 g/mol. The van der Waals surface area contributed by atoms with Gasteiger partial charge in [-0.2, -0.15) is 0 Å². The number of carbonyl (C=O) groups is 1. The van der Waals surface area contributed by atoms with Crippen molar-refractivity contribution in [2.75, 3.05) is 6.61 Å². The summed E-state index contributed by atoms with van der Waals surface area (Å²) in [6, 6.07) is 5.20. The van der Waals surface area contributed by atoms with Crippen LogP contribution in [0.15, 0.2) is 18.2 Å². The van der Waals surface area contributed by atoms with Crippen molar-refractivity contribution in [1.82, 2.24) is 5.32 Å². The number of amides is 1. The maximum Gasteiger partial charge on any atom is 0.251 e. The van der Waals surface area contributed by atoms with E-state index in [0.29, 0.717) is 23.6 Å². The predicted octanol–water partition coefficient (Wildman–Crippen LogP) is 1.42. The first-order chi connectivity index (χ1) is 8.61. The van der Waals surface area contributed by atoms with E-state index in [0.717, 1.165) is 17.7 Å². The molecule has 1 heterocycles. The minimum Gasteiger partial charge on any atom is -0.493 e. The lowest BCUT2D eigenvalue weighted by molar-refractivity contribution is 0.0946. The minimum absolute atomic E-state index is 0.149. The second-order valence-electron chi connectivity index (χ2n) is 4.26. The average Bonchev–Trinajstić information content (AvgIpc) is 2.82. The molecule has 0 fully saturated rings. The molecule has 1 aromatic carbocycles. The van der Waals surface area contributed by atoms with Gasteiger partial charge in [-0.1, -0.05) is 19.1 Å². The van der Waals surface area contributed by atoms with Gasteiger partial charge >= 0.3 is 0 Å². The molecule has 0 aromatic heterocycles. The quantitative estimate of drug-likeness (QED) is 0.807. The van der Waals surface area contributed by atoms with Gasteiger partial charge in [0.25, 0.3) is 5.91 Å². The van der Waals surface area contributed by atoms with Crippen molar-refractivity contribution in [2.45, 2.75) is 25.8 Å². The van der Waals surface area contributed by atoms with Gasteiger partial charge in [-0.25, -0.2) is 0 Å². The number of rotatable bonds is 4. The van der Waals surface area contributed by atoms with Gasteiger partial charge in [0, 0.05) is 12.0 Å². The van der Waals surface area contributed by atoms with Crippen LogP contribution in [0.5, 0.6) is 5.75 Å². The summed E-state index contributed by atoms with van der Waals surface area (Å²) >= 11 is 4.91. The van der Waals surface area contributed by atoms with Crippen LogP contribution in [0.2, 0.25) is 0 Å². The van der Waals surface area contributed by atoms with Crippen LogP contribution >= 0.6 is 12.2 Å². The number of carbonyl (C=O) groups excluding carboxylic acids is 1. The van der Waals surface area contributed by atoms with Gasteiger partial charge in [0.15, 0.2) is 0 Å². The molecule has 3 N–H and O–H groups in total. The standard InChI is InChI=1S/C13H16N2O2S/c1-2-10(12(14)18)15-13(16)9-3-4-11-8(7-9)5-6-17-11/h3-4,7,10H,2,5-6H2,1H3,(H2,14,18)(H,15,16). The number of benzene rings is 1. The maximum atomic E-state index is 12.1. The topological polar surface area (TPSA) is 64.3 Å². The van der Waals surface area contributed by atoms with Crippen molar-refractivity contribution >= 4 is 23.1 Å². The molecule has 4 nitrogen and oxygen atoms in total. The number of hydrogen-bond acceptors (Lipinski definition) is 3. The third-order valence-electron chi connectivity index (χ3n) is 3.01. The van der Waals surface area contributed by atoms with Crippen LogP contribution in [-0.2, 0) is 6.42 Å². The Balaban J connectivity index is 2.12. The zero-order valence-electron chi connectivity index (χ0n) is 10.2. The molecule has 1 unspecified atom stereocenters. The lowest BCUT2D eigenvalue weighted by Crippen LogP contribution is -2.43. The third kappa shape index (κ3) is 2.61. The van der Waals surface area contributed by atoms with Crippen LogP contribution in [0.4, 0.5) is 0 Å².